The fourth-order valence-electron chi connectivity index (χ4n) is 4.92. The molecule has 13 heteroatoms. The van der Waals surface area contributed by atoms with Gasteiger partial charge in [-0.25, -0.2) is 9.97 Å². The topological polar surface area (TPSA) is 65.8 Å². The summed E-state index contributed by atoms with van der Waals surface area (Å²) < 4.78 is 82.4. The number of aromatic nitrogens is 3. The van der Waals surface area contributed by atoms with Crippen LogP contribution in [-0.4, -0.2) is 46.5 Å². The summed E-state index contributed by atoms with van der Waals surface area (Å²) >= 11 is 0. The molecule has 1 fully saturated rings. The van der Waals surface area contributed by atoms with E-state index in [0.29, 0.717) is 22.9 Å². The maximum atomic E-state index is 14.1. The van der Waals surface area contributed by atoms with Crippen LogP contribution in [0.25, 0.3) is 5.65 Å². The number of carbonyl (C=O) groups excluding carboxylic acids is 1. The minimum atomic E-state index is -4.64. The van der Waals surface area contributed by atoms with Crippen LogP contribution in [0.3, 0.4) is 0 Å². The number of benzene rings is 1. The minimum absolute atomic E-state index is 0.000559. The number of fused-ring (bicyclic) bond motifs is 1. The van der Waals surface area contributed by atoms with Crippen LogP contribution in [0.2, 0.25) is 0 Å². The molecule has 0 spiro atoms. The number of pyridine rings is 2. The Labute approximate surface area is 231 Å². The number of anilines is 2. The van der Waals surface area contributed by atoms with E-state index in [-0.39, 0.29) is 44.0 Å². The van der Waals surface area contributed by atoms with E-state index >= 15 is 0 Å². The number of aryl methyl sites for hydroxylation is 2. The molecule has 4 aromatic rings. The molecule has 0 atom stereocenters. The molecule has 7 nitrogen and oxygen atoms in total. The lowest BCUT2D eigenvalue weighted by Gasteiger charge is -2.37. The zero-order chi connectivity index (χ0) is 29.5. The SMILES string of the molecule is Cc1ccn2c(C(=O)NCc3ccc(N4CCN(c5ccc(C(F)(F)F)cn5)CC4)c(C(F)(F)F)c3)c(C)nc2c1. The molecule has 4 heterocycles. The number of rotatable bonds is 5. The highest BCUT2D eigenvalue weighted by Gasteiger charge is 2.36. The van der Waals surface area contributed by atoms with Crippen molar-refractivity contribution in [2.75, 3.05) is 36.0 Å². The van der Waals surface area contributed by atoms with Crippen molar-refractivity contribution in [2.45, 2.75) is 32.7 Å². The highest BCUT2D eigenvalue weighted by atomic mass is 19.4. The third kappa shape index (κ3) is 5.93. The summed E-state index contributed by atoms with van der Waals surface area (Å²) in [5, 5.41) is 2.70. The second-order valence-corrected chi connectivity index (χ2v) is 9.89. The molecular weight excluding hydrogens is 550 g/mol. The fraction of sp³-hybridized carbons (Fsp3) is 0.321. The van der Waals surface area contributed by atoms with Gasteiger partial charge in [0, 0.05) is 50.8 Å². The molecule has 216 valence electrons. The maximum Gasteiger partial charge on any atom is 0.418 e. The second kappa shape index (κ2) is 10.6. The van der Waals surface area contributed by atoms with Crippen LogP contribution in [0.15, 0.2) is 54.9 Å². The van der Waals surface area contributed by atoms with E-state index in [1.54, 1.807) is 33.4 Å². The maximum absolute atomic E-state index is 14.1. The normalized spacial score (nSPS) is 14.5. The van der Waals surface area contributed by atoms with Gasteiger partial charge in [0.05, 0.1) is 16.8 Å². The molecule has 0 saturated carbocycles. The lowest BCUT2D eigenvalue weighted by atomic mass is 10.1. The zero-order valence-corrected chi connectivity index (χ0v) is 22.1. The molecule has 3 aromatic heterocycles. The van der Waals surface area contributed by atoms with E-state index in [1.165, 1.54) is 12.1 Å². The van der Waals surface area contributed by atoms with Crippen LogP contribution in [0.1, 0.15) is 38.4 Å². The van der Waals surface area contributed by atoms with E-state index in [1.807, 2.05) is 19.1 Å². The van der Waals surface area contributed by atoms with Gasteiger partial charge in [-0.2, -0.15) is 26.3 Å². The van der Waals surface area contributed by atoms with Gasteiger partial charge in [-0.3, -0.25) is 9.20 Å². The van der Waals surface area contributed by atoms with Crippen LogP contribution >= 0.6 is 0 Å². The number of alkyl halides is 6. The van der Waals surface area contributed by atoms with Crippen LogP contribution in [0.5, 0.6) is 0 Å². The van der Waals surface area contributed by atoms with Gasteiger partial charge in [-0.15, -0.1) is 0 Å². The number of amides is 1. The molecular formula is C28H26F6N6O. The zero-order valence-electron chi connectivity index (χ0n) is 22.1. The van der Waals surface area contributed by atoms with Crippen molar-refractivity contribution in [3.63, 3.8) is 0 Å². The number of hydrogen-bond acceptors (Lipinski definition) is 5. The quantitative estimate of drug-likeness (QED) is 0.312. The number of hydrogen-bond donors (Lipinski definition) is 1. The van der Waals surface area contributed by atoms with Crippen LogP contribution in [0.4, 0.5) is 37.8 Å². The summed E-state index contributed by atoms with van der Waals surface area (Å²) in [6.45, 7) is 4.48. The van der Waals surface area contributed by atoms with Gasteiger partial charge in [0.15, 0.2) is 0 Å². The third-order valence-corrected chi connectivity index (χ3v) is 7.01. The Morgan fingerprint density at radius 3 is 2.24 bits per heavy atom. The molecule has 1 aromatic carbocycles. The van der Waals surface area contributed by atoms with Crippen molar-refractivity contribution in [2.24, 2.45) is 0 Å². The Morgan fingerprint density at radius 2 is 1.61 bits per heavy atom. The minimum Gasteiger partial charge on any atom is -0.367 e. The van der Waals surface area contributed by atoms with Crippen molar-refractivity contribution in [1.82, 2.24) is 19.7 Å². The molecule has 1 saturated heterocycles. The number of carbonyl (C=O) groups is 1. The smallest absolute Gasteiger partial charge is 0.367 e. The first-order valence-electron chi connectivity index (χ1n) is 12.8. The van der Waals surface area contributed by atoms with E-state index < -0.39 is 29.4 Å². The number of nitrogens with one attached hydrogen (secondary N) is 1. The van der Waals surface area contributed by atoms with Gasteiger partial charge in [0.2, 0.25) is 0 Å². The first-order chi connectivity index (χ1) is 19.3. The molecule has 1 amide bonds. The molecule has 0 radical (unpaired) electrons. The summed E-state index contributed by atoms with van der Waals surface area (Å²) in [6.07, 6.45) is -6.67. The number of piperazine rings is 1. The van der Waals surface area contributed by atoms with E-state index in [0.717, 1.165) is 23.9 Å². The van der Waals surface area contributed by atoms with Crippen LogP contribution < -0.4 is 15.1 Å². The molecule has 0 aliphatic carbocycles. The Bertz CT molecular complexity index is 1570. The molecule has 41 heavy (non-hydrogen) atoms. The van der Waals surface area contributed by atoms with Gasteiger partial charge in [0.25, 0.3) is 5.91 Å². The van der Waals surface area contributed by atoms with Crippen molar-refractivity contribution >= 4 is 23.1 Å². The average molecular weight is 577 g/mol. The monoisotopic (exact) mass is 576 g/mol. The summed E-state index contributed by atoms with van der Waals surface area (Å²) in [7, 11) is 0. The van der Waals surface area contributed by atoms with Gasteiger partial charge in [-0.05, 0) is 61.4 Å². The number of imidazole rings is 1. The van der Waals surface area contributed by atoms with Crippen molar-refractivity contribution in [3.8, 4) is 0 Å². The van der Waals surface area contributed by atoms with Crippen molar-refractivity contribution in [1.29, 1.82) is 0 Å². The van der Waals surface area contributed by atoms with Gasteiger partial charge in [-0.1, -0.05) is 6.07 Å². The lowest BCUT2D eigenvalue weighted by Crippen LogP contribution is -2.47. The highest BCUT2D eigenvalue weighted by molar-refractivity contribution is 5.94. The van der Waals surface area contributed by atoms with Crippen LogP contribution in [-0.2, 0) is 18.9 Å². The molecule has 0 bridgehead atoms. The predicted molar refractivity (Wildman–Crippen MR) is 141 cm³/mol. The molecule has 5 rings (SSSR count). The summed E-state index contributed by atoms with van der Waals surface area (Å²) in [5.41, 5.74) is 0.988. The number of nitrogens with zero attached hydrogens (tertiary/aromatic N) is 5. The summed E-state index contributed by atoms with van der Waals surface area (Å²) in [4.78, 5) is 24.5. The average Bonchev–Trinajstić information content (AvgIpc) is 3.25. The lowest BCUT2D eigenvalue weighted by molar-refractivity contribution is -0.138. The Balaban J connectivity index is 1.28. The largest absolute Gasteiger partial charge is 0.418 e. The Hall–Kier alpha value is -4.29. The molecule has 1 aliphatic heterocycles. The highest BCUT2D eigenvalue weighted by Crippen LogP contribution is 2.38. The van der Waals surface area contributed by atoms with E-state index in [9.17, 15) is 31.1 Å². The summed E-state index contributed by atoms with van der Waals surface area (Å²) in [6, 6.07) is 9.82. The summed E-state index contributed by atoms with van der Waals surface area (Å²) in [5.74, 6) is -0.124. The second-order valence-electron chi connectivity index (χ2n) is 9.89. The molecule has 1 aliphatic rings. The van der Waals surface area contributed by atoms with Gasteiger partial charge >= 0.3 is 12.4 Å². The van der Waals surface area contributed by atoms with Crippen molar-refractivity contribution < 1.29 is 31.1 Å². The molecule has 0 unspecified atom stereocenters. The predicted octanol–water partition coefficient (Wildman–Crippen LogP) is 5.64. The van der Waals surface area contributed by atoms with E-state index in [2.05, 4.69) is 15.3 Å². The van der Waals surface area contributed by atoms with Crippen LogP contribution in [0, 0.1) is 13.8 Å². The standard InChI is InChI=1S/C28H26F6N6O/c1-17-7-8-40-24(13-17)37-18(2)25(40)26(41)36-15-19-3-5-22(21(14-19)28(32,33)34)38-9-11-39(12-10-38)23-6-4-20(16-35-23)27(29,30)31/h3-8,13-14,16H,9-12,15H2,1-2H3,(H,36,41). The Morgan fingerprint density at radius 1 is 0.902 bits per heavy atom. The third-order valence-electron chi connectivity index (χ3n) is 7.01. The first-order valence-corrected chi connectivity index (χ1v) is 12.8. The van der Waals surface area contributed by atoms with Gasteiger partial charge < -0.3 is 15.1 Å². The number of halogens is 6. The Kier molecular flexibility index (Phi) is 7.30. The molecule has 1 N–H and O–H groups in total. The van der Waals surface area contributed by atoms with Gasteiger partial charge in [0.1, 0.15) is 17.2 Å². The fourth-order valence-corrected chi connectivity index (χ4v) is 4.92. The first kappa shape index (κ1) is 28.2. The van der Waals surface area contributed by atoms with E-state index in [4.69, 9.17) is 0 Å². The van der Waals surface area contributed by atoms with Crippen molar-refractivity contribution in [3.05, 3.63) is 88.5 Å².